The van der Waals surface area contributed by atoms with Crippen molar-refractivity contribution in [3.8, 4) is 5.75 Å². The van der Waals surface area contributed by atoms with Gasteiger partial charge in [0.1, 0.15) is 11.8 Å². The van der Waals surface area contributed by atoms with E-state index in [1.54, 1.807) is 48.5 Å². The van der Waals surface area contributed by atoms with Crippen LogP contribution < -0.4 is 19.7 Å². The van der Waals surface area contributed by atoms with Gasteiger partial charge in [-0.15, -0.1) is 0 Å². The molecule has 3 aromatic rings. The van der Waals surface area contributed by atoms with E-state index in [1.165, 1.54) is 14.0 Å². The maximum Gasteiger partial charge on any atom is 0.253 e. The number of para-hydroxylation sites is 1. The molecule has 2 N–H and O–H groups in total. The summed E-state index contributed by atoms with van der Waals surface area (Å²) in [4.78, 5) is 26.1. The third-order valence-electron chi connectivity index (χ3n) is 5.49. The summed E-state index contributed by atoms with van der Waals surface area (Å²) >= 11 is 0. The predicted octanol–water partition coefficient (Wildman–Crippen LogP) is 3.98. The van der Waals surface area contributed by atoms with Gasteiger partial charge in [0.05, 0.1) is 36.3 Å². The number of hydrogen-bond acceptors (Lipinski definition) is 5. The summed E-state index contributed by atoms with van der Waals surface area (Å²) in [5.41, 5.74) is 1.81. The molecule has 0 unspecified atom stereocenters. The van der Waals surface area contributed by atoms with E-state index in [1.807, 2.05) is 37.3 Å². The van der Waals surface area contributed by atoms with Crippen LogP contribution >= 0.6 is 0 Å². The molecule has 9 heteroatoms. The number of carbonyl (C=O) groups excluding carboxylic acids is 2. The molecule has 0 aliphatic heterocycles. The van der Waals surface area contributed by atoms with Gasteiger partial charge in [0.2, 0.25) is 15.9 Å². The Bertz CT molecular complexity index is 1280. The predicted molar refractivity (Wildman–Crippen MR) is 137 cm³/mol. The molecule has 0 fully saturated rings. The van der Waals surface area contributed by atoms with Crippen molar-refractivity contribution in [2.24, 2.45) is 0 Å². The molecule has 35 heavy (non-hydrogen) atoms. The van der Waals surface area contributed by atoms with Gasteiger partial charge in [-0.1, -0.05) is 42.5 Å². The second-order valence-electron chi connectivity index (χ2n) is 8.07. The summed E-state index contributed by atoms with van der Waals surface area (Å²) < 4.78 is 31.3. The number of methoxy groups -OCH3 is 1. The maximum atomic E-state index is 13.1. The number of sulfonamides is 1. The first kappa shape index (κ1) is 25.8. The molecule has 0 aliphatic rings. The Morgan fingerprint density at radius 2 is 1.49 bits per heavy atom. The maximum absolute atomic E-state index is 13.1. The number of nitrogens with zero attached hydrogens (tertiary/aromatic N) is 1. The fourth-order valence-corrected chi connectivity index (χ4v) is 4.84. The van der Waals surface area contributed by atoms with Gasteiger partial charge in [0.25, 0.3) is 5.91 Å². The lowest BCUT2D eigenvalue weighted by atomic mass is 10.1. The molecule has 0 saturated carbocycles. The Hall–Kier alpha value is -3.85. The van der Waals surface area contributed by atoms with Gasteiger partial charge in [-0.3, -0.25) is 13.9 Å². The second kappa shape index (κ2) is 11.1. The molecule has 8 nitrogen and oxygen atoms in total. The Labute approximate surface area is 206 Å². The van der Waals surface area contributed by atoms with Crippen molar-refractivity contribution >= 4 is 33.2 Å². The monoisotopic (exact) mass is 495 g/mol. The third-order valence-corrected chi connectivity index (χ3v) is 6.73. The summed E-state index contributed by atoms with van der Waals surface area (Å²) in [6, 6.07) is 21.1. The van der Waals surface area contributed by atoms with Crippen molar-refractivity contribution in [2.45, 2.75) is 25.9 Å². The Morgan fingerprint density at radius 1 is 0.886 bits per heavy atom. The van der Waals surface area contributed by atoms with Gasteiger partial charge in [0.15, 0.2) is 0 Å². The van der Waals surface area contributed by atoms with Crippen molar-refractivity contribution in [3.63, 3.8) is 0 Å². The Balaban J connectivity index is 1.81. The number of rotatable bonds is 9. The lowest BCUT2D eigenvalue weighted by Gasteiger charge is -2.28. The number of benzene rings is 3. The Kier molecular flexibility index (Phi) is 8.14. The van der Waals surface area contributed by atoms with Gasteiger partial charge in [-0.25, -0.2) is 8.42 Å². The van der Waals surface area contributed by atoms with Crippen LogP contribution in [0.5, 0.6) is 5.75 Å². The molecule has 3 rings (SSSR count). The topological polar surface area (TPSA) is 105 Å². The van der Waals surface area contributed by atoms with Crippen molar-refractivity contribution in [1.29, 1.82) is 0 Å². The average Bonchev–Trinajstić information content (AvgIpc) is 2.84. The highest BCUT2D eigenvalue weighted by molar-refractivity contribution is 7.92. The number of carbonyl (C=O) groups is 2. The standard InChI is InChI=1S/C26H29N3O5S/c1-18(20-10-6-5-7-11-20)27-26(31)23-12-8-9-13-24(23)28-25(30)19(2)29(35(4,32)33)21-14-16-22(34-3)17-15-21/h5-19H,1-4H3,(H,27,31)(H,28,30)/t18-,19+/m1/s1. The van der Waals surface area contributed by atoms with Gasteiger partial charge in [-0.05, 0) is 55.8 Å². The first-order valence-corrected chi connectivity index (χ1v) is 12.9. The van der Waals surface area contributed by atoms with Crippen LogP contribution in [-0.2, 0) is 14.8 Å². The lowest BCUT2D eigenvalue weighted by Crippen LogP contribution is -2.45. The van der Waals surface area contributed by atoms with E-state index in [0.717, 1.165) is 16.1 Å². The van der Waals surface area contributed by atoms with E-state index in [4.69, 9.17) is 4.74 Å². The molecule has 0 saturated heterocycles. The van der Waals surface area contributed by atoms with Crippen molar-refractivity contribution in [2.75, 3.05) is 23.0 Å². The molecule has 0 radical (unpaired) electrons. The zero-order valence-corrected chi connectivity index (χ0v) is 20.9. The number of nitrogens with one attached hydrogen (secondary N) is 2. The zero-order valence-electron chi connectivity index (χ0n) is 20.1. The highest BCUT2D eigenvalue weighted by atomic mass is 32.2. The summed E-state index contributed by atoms with van der Waals surface area (Å²) in [6.45, 7) is 3.36. The number of ether oxygens (including phenoxy) is 1. The van der Waals surface area contributed by atoms with E-state index in [9.17, 15) is 18.0 Å². The largest absolute Gasteiger partial charge is 0.497 e. The molecule has 0 bridgehead atoms. The van der Waals surface area contributed by atoms with E-state index in [2.05, 4.69) is 10.6 Å². The molecule has 184 valence electrons. The van der Waals surface area contributed by atoms with Crippen molar-refractivity contribution < 1.29 is 22.7 Å². The molecule has 0 spiro atoms. The normalized spacial score (nSPS) is 12.8. The zero-order chi connectivity index (χ0) is 25.6. The molecular formula is C26H29N3O5S. The SMILES string of the molecule is COc1ccc(N([C@@H](C)C(=O)Nc2ccccc2C(=O)N[C@H](C)c2ccccc2)S(C)(=O)=O)cc1. The van der Waals surface area contributed by atoms with Crippen molar-refractivity contribution in [1.82, 2.24) is 5.32 Å². The number of hydrogen-bond donors (Lipinski definition) is 2. The van der Waals surface area contributed by atoms with Crippen LogP contribution in [0.25, 0.3) is 0 Å². The minimum Gasteiger partial charge on any atom is -0.497 e. The van der Waals surface area contributed by atoms with Gasteiger partial charge < -0.3 is 15.4 Å². The number of anilines is 2. The average molecular weight is 496 g/mol. The fourth-order valence-electron chi connectivity index (χ4n) is 3.66. The van der Waals surface area contributed by atoms with Crippen LogP contribution in [0.2, 0.25) is 0 Å². The molecule has 2 amide bonds. The molecular weight excluding hydrogens is 466 g/mol. The third kappa shape index (κ3) is 6.39. The highest BCUT2D eigenvalue weighted by Gasteiger charge is 2.30. The van der Waals surface area contributed by atoms with Crippen LogP contribution in [0.4, 0.5) is 11.4 Å². The summed E-state index contributed by atoms with van der Waals surface area (Å²) in [5.74, 6) is -0.383. The summed E-state index contributed by atoms with van der Waals surface area (Å²) in [7, 11) is -2.29. The highest BCUT2D eigenvalue weighted by Crippen LogP contribution is 2.25. The minimum absolute atomic E-state index is 0.248. The first-order valence-electron chi connectivity index (χ1n) is 11.0. The van der Waals surface area contributed by atoms with Crippen molar-refractivity contribution in [3.05, 3.63) is 90.0 Å². The lowest BCUT2D eigenvalue weighted by molar-refractivity contribution is -0.116. The second-order valence-corrected chi connectivity index (χ2v) is 9.93. The smallest absolute Gasteiger partial charge is 0.253 e. The van der Waals surface area contributed by atoms with Crippen LogP contribution in [-0.4, -0.2) is 39.6 Å². The van der Waals surface area contributed by atoms with E-state index in [0.29, 0.717) is 11.4 Å². The van der Waals surface area contributed by atoms with Crippen LogP contribution in [0, 0.1) is 0 Å². The van der Waals surface area contributed by atoms with Crippen LogP contribution in [0.15, 0.2) is 78.9 Å². The quantitative estimate of drug-likeness (QED) is 0.467. The summed E-state index contributed by atoms with van der Waals surface area (Å²) in [5, 5.41) is 5.65. The molecule has 0 aliphatic carbocycles. The Morgan fingerprint density at radius 3 is 2.09 bits per heavy atom. The minimum atomic E-state index is -3.79. The fraction of sp³-hybridized carbons (Fsp3) is 0.231. The summed E-state index contributed by atoms with van der Waals surface area (Å²) in [6.07, 6.45) is 1.04. The van der Waals surface area contributed by atoms with E-state index < -0.39 is 22.0 Å². The van der Waals surface area contributed by atoms with E-state index in [-0.39, 0.29) is 23.2 Å². The van der Waals surface area contributed by atoms with Crippen LogP contribution in [0.1, 0.15) is 35.8 Å². The van der Waals surface area contributed by atoms with Gasteiger partial charge in [0, 0.05) is 0 Å². The van der Waals surface area contributed by atoms with Crippen LogP contribution in [0.3, 0.4) is 0 Å². The molecule has 0 aromatic heterocycles. The number of amides is 2. The first-order chi connectivity index (χ1) is 16.6. The molecule has 0 heterocycles. The molecule has 3 aromatic carbocycles. The van der Waals surface area contributed by atoms with Gasteiger partial charge >= 0.3 is 0 Å². The van der Waals surface area contributed by atoms with Gasteiger partial charge in [-0.2, -0.15) is 0 Å². The van der Waals surface area contributed by atoms with E-state index >= 15 is 0 Å². The molecule has 2 atom stereocenters.